The second kappa shape index (κ2) is 5.46. The Balaban J connectivity index is 1.98. The predicted molar refractivity (Wildman–Crippen MR) is 65.3 cm³/mol. The van der Waals surface area contributed by atoms with Crippen LogP contribution in [0, 0.1) is 11.3 Å². The van der Waals surface area contributed by atoms with Gasteiger partial charge in [-0.1, -0.05) is 18.2 Å². The third-order valence-corrected chi connectivity index (χ3v) is 2.98. The molecule has 1 aromatic carbocycles. The third kappa shape index (κ3) is 2.83. The molecule has 1 amide bonds. The van der Waals surface area contributed by atoms with E-state index in [4.69, 9.17) is 5.26 Å². The molecule has 1 heterocycles. The molecule has 0 aliphatic carbocycles. The van der Waals surface area contributed by atoms with Gasteiger partial charge in [0.05, 0.1) is 18.7 Å². The third-order valence-electron chi connectivity index (χ3n) is 2.98. The van der Waals surface area contributed by atoms with Crippen LogP contribution in [0.1, 0.15) is 12.8 Å². The van der Waals surface area contributed by atoms with Crippen molar-refractivity contribution >= 4 is 11.6 Å². The average Bonchev–Trinajstić information content (AvgIpc) is 2.79. The van der Waals surface area contributed by atoms with Crippen LogP contribution in [0.3, 0.4) is 0 Å². The monoisotopic (exact) mass is 229 g/mol. The Bertz CT molecular complexity index is 424. The van der Waals surface area contributed by atoms with E-state index in [-0.39, 0.29) is 11.9 Å². The zero-order valence-corrected chi connectivity index (χ0v) is 9.60. The van der Waals surface area contributed by atoms with E-state index >= 15 is 0 Å². The molecule has 0 spiro atoms. The molecule has 1 N–H and O–H groups in total. The molecule has 1 saturated heterocycles. The van der Waals surface area contributed by atoms with Gasteiger partial charge in [-0.05, 0) is 25.0 Å². The van der Waals surface area contributed by atoms with Crippen molar-refractivity contribution in [3.05, 3.63) is 30.3 Å². The maximum absolute atomic E-state index is 12.0. The van der Waals surface area contributed by atoms with Gasteiger partial charge in [0, 0.05) is 12.2 Å². The molecule has 1 unspecified atom stereocenters. The number of nitrogens with one attached hydrogen (secondary N) is 1. The first-order valence-electron chi connectivity index (χ1n) is 5.78. The van der Waals surface area contributed by atoms with Crippen molar-refractivity contribution in [1.82, 2.24) is 4.90 Å². The van der Waals surface area contributed by atoms with E-state index in [2.05, 4.69) is 11.4 Å². The molecular weight excluding hydrogens is 214 g/mol. The van der Waals surface area contributed by atoms with Crippen molar-refractivity contribution in [2.24, 2.45) is 0 Å². The zero-order chi connectivity index (χ0) is 12.1. The van der Waals surface area contributed by atoms with Crippen molar-refractivity contribution < 1.29 is 4.79 Å². The molecule has 4 nitrogen and oxygen atoms in total. The summed E-state index contributed by atoms with van der Waals surface area (Å²) in [6.45, 7) is 1.16. The molecule has 4 heteroatoms. The number of hydrogen-bond acceptors (Lipinski definition) is 3. The maximum Gasteiger partial charge on any atom is 0.241 e. The van der Waals surface area contributed by atoms with Gasteiger partial charge in [0.15, 0.2) is 0 Å². The van der Waals surface area contributed by atoms with E-state index in [1.54, 1.807) is 0 Å². The predicted octanol–water partition coefficient (Wildman–Crippen LogP) is 1.61. The average molecular weight is 229 g/mol. The van der Waals surface area contributed by atoms with Gasteiger partial charge in [-0.25, -0.2) is 0 Å². The Morgan fingerprint density at radius 3 is 2.94 bits per heavy atom. The van der Waals surface area contributed by atoms with Gasteiger partial charge in [0.25, 0.3) is 0 Å². The van der Waals surface area contributed by atoms with E-state index in [0.29, 0.717) is 6.54 Å². The number of hydrogen-bond donors (Lipinski definition) is 1. The minimum Gasteiger partial charge on any atom is -0.325 e. The van der Waals surface area contributed by atoms with E-state index in [1.807, 2.05) is 35.2 Å². The van der Waals surface area contributed by atoms with Crippen LogP contribution in [0.2, 0.25) is 0 Å². The summed E-state index contributed by atoms with van der Waals surface area (Å²) in [7, 11) is 0. The fourth-order valence-corrected chi connectivity index (χ4v) is 2.15. The minimum atomic E-state index is -0.158. The SMILES string of the molecule is N#CCN1CCCC1C(=O)Nc1ccccc1. The van der Waals surface area contributed by atoms with Crippen LogP contribution in [0.25, 0.3) is 0 Å². The van der Waals surface area contributed by atoms with E-state index < -0.39 is 0 Å². The number of amides is 1. The highest BCUT2D eigenvalue weighted by molar-refractivity contribution is 5.95. The highest BCUT2D eigenvalue weighted by Gasteiger charge is 2.30. The Morgan fingerprint density at radius 1 is 1.47 bits per heavy atom. The number of nitriles is 1. The summed E-state index contributed by atoms with van der Waals surface area (Å²) < 4.78 is 0. The van der Waals surface area contributed by atoms with Gasteiger partial charge in [0.2, 0.25) is 5.91 Å². The van der Waals surface area contributed by atoms with Crippen LogP contribution in [0.4, 0.5) is 5.69 Å². The Labute approximate surface area is 101 Å². The molecule has 17 heavy (non-hydrogen) atoms. The van der Waals surface area contributed by atoms with Crippen LogP contribution in [-0.4, -0.2) is 29.9 Å². The fraction of sp³-hybridized carbons (Fsp3) is 0.385. The van der Waals surface area contributed by atoms with Gasteiger partial charge in [-0.15, -0.1) is 0 Å². The van der Waals surface area contributed by atoms with E-state index in [0.717, 1.165) is 25.1 Å². The lowest BCUT2D eigenvalue weighted by molar-refractivity contribution is -0.120. The minimum absolute atomic E-state index is 0.0102. The van der Waals surface area contributed by atoms with Gasteiger partial charge in [-0.2, -0.15) is 5.26 Å². The van der Waals surface area contributed by atoms with Crippen LogP contribution >= 0.6 is 0 Å². The number of carbonyl (C=O) groups is 1. The number of carbonyl (C=O) groups excluding carboxylic acids is 1. The molecule has 1 aliphatic rings. The Kier molecular flexibility index (Phi) is 3.73. The van der Waals surface area contributed by atoms with E-state index in [9.17, 15) is 4.79 Å². The molecule has 1 aliphatic heterocycles. The number of nitrogens with zero attached hydrogens (tertiary/aromatic N) is 2. The zero-order valence-electron chi connectivity index (χ0n) is 9.60. The molecule has 1 atom stereocenters. The van der Waals surface area contributed by atoms with Crippen molar-refractivity contribution in [3.8, 4) is 6.07 Å². The number of likely N-dealkylation sites (tertiary alicyclic amines) is 1. The Morgan fingerprint density at radius 2 is 2.24 bits per heavy atom. The number of benzene rings is 1. The maximum atomic E-state index is 12.0. The second-order valence-electron chi connectivity index (χ2n) is 4.14. The summed E-state index contributed by atoms with van der Waals surface area (Å²) in [5.74, 6) is -0.0102. The van der Waals surface area contributed by atoms with E-state index in [1.165, 1.54) is 0 Å². The summed E-state index contributed by atoms with van der Waals surface area (Å²) in [5.41, 5.74) is 0.807. The van der Waals surface area contributed by atoms with Crippen LogP contribution in [-0.2, 0) is 4.79 Å². The van der Waals surface area contributed by atoms with Gasteiger partial charge < -0.3 is 5.32 Å². The highest BCUT2D eigenvalue weighted by Crippen LogP contribution is 2.18. The lowest BCUT2D eigenvalue weighted by atomic mass is 10.2. The number of rotatable bonds is 3. The van der Waals surface area contributed by atoms with Crippen LogP contribution in [0.5, 0.6) is 0 Å². The molecule has 0 radical (unpaired) electrons. The molecule has 0 bridgehead atoms. The lowest BCUT2D eigenvalue weighted by Crippen LogP contribution is -2.39. The van der Waals surface area contributed by atoms with Crippen molar-refractivity contribution in [3.63, 3.8) is 0 Å². The lowest BCUT2D eigenvalue weighted by Gasteiger charge is -2.20. The Hall–Kier alpha value is -1.86. The molecular formula is C13H15N3O. The first-order valence-corrected chi connectivity index (χ1v) is 5.78. The van der Waals surface area contributed by atoms with Crippen molar-refractivity contribution in [2.75, 3.05) is 18.4 Å². The standard InChI is InChI=1S/C13H15N3O/c14-8-10-16-9-4-7-12(16)13(17)15-11-5-2-1-3-6-11/h1-3,5-6,12H,4,7,9-10H2,(H,15,17). The number of para-hydroxylation sites is 1. The topological polar surface area (TPSA) is 56.1 Å². The quantitative estimate of drug-likeness (QED) is 0.801. The van der Waals surface area contributed by atoms with Crippen LogP contribution < -0.4 is 5.32 Å². The molecule has 1 aromatic rings. The molecule has 0 saturated carbocycles. The largest absolute Gasteiger partial charge is 0.325 e. The van der Waals surface area contributed by atoms with Crippen molar-refractivity contribution in [1.29, 1.82) is 5.26 Å². The molecule has 2 rings (SSSR count). The molecule has 0 aromatic heterocycles. The summed E-state index contributed by atoms with van der Waals surface area (Å²) >= 11 is 0. The van der Waals surface area contributed by atoms with Crippen LogP contribution in [0.15, 0.2) is 30.3 Å². The summed E-state index contributed by atoms with van der Waals surface area (Å²) in [4.78, 5) is 14.0. The molecule has 1 fully saturated rings. The summed E-state index contributed by atoms with van der Waals surface area (Å²) in [5, 5.41) is 11.6. The normalized spacial score (nSPS) is 19.8. The van der Waals surface area contributed by atoms with Gasteiger partial charge in [0.1, 0.15) is 0 Å². The van der Waals surface area contributed by atoms with Crippen molar-refractivity contribution in [2.45, 2.75) is 18.9 Å². The summed E-state index contributed by atoms with van der Waals surface area (Å²) in [6, 6.07) is 11.4. The number of anilines is 1. The second-order valence-corrected chi connectivity index (χ2v) is 4.14. The molecule has 88 valence electrons. The summed E-state index contributed by atoms with van der Waals surface area (Å²) in [6.07, 6.45) is 1.81. The van der Waals surface area contributed by atoms with Gasteiger partial charge in [-0.3, -0.25) is 9.69 Å². The smallest absolute Gasteiger partial charge is 0.241 e. The highest BCUT2D eigenvalue weighted by atomic mass is 16.2. The first-order chi connectivity index (χ1) is 8.31. The first kappa shape index (κ1) is 11.6. The van der Waals surface area contributed by atoms with Gasteiger partial charge >= 0.3 is 0 Å². The fourth-order valence-electron chi connectivity index (χ4n) is 2.15.